The number of amides is 1. The third kappa shape index (κ3) is 4.27. The molecule has 1 saturated heterocycles. The fourth-order valence-corrected chi connectivity index (χ4v) is 3.53. The van der Waals surface area contributed by atoms with Gasteiger partial charge >= 0.3 is 5.97 Å². The standard InChI is InChI=1S/C21H23NO3/c1-15-6-5-9-17(10-15)18-12-19(21(24)25)14-22(13-18)20(23)11-16-7-3-2-4-8-16/h2-10,18-19H,11-14H2,1H3,(H,24,25). The number of likely N-dealkylation sites (tertiary alicyclic amines) is 1. The van der Waals surface area contributed by atoms with Crippen LogP contribution in [0.15, 0.2) is 54.6 Å². The van der Waals surface area contributed by atoms with Crippen LogP contribution in [0.3, 0.4) is 0 Å². The molecule has 0 aliphatic carbocycles. The molecule has 1 aliphatic rings. The van der Waals surface area contributed by atoms with E-state index in [2.05, 4.69) is 6.07 Å². The molecule has 130 valence electrons. The summed E-state index contributed by atoms with van der Waals surface area (Å²) >= 11 is 0. The molecule has 2 unspecified atom stereocenters. The highest BCUT2D eigenvalue weighted by Crippen LogP contribution is 2.31. The maximum Gasteiger partial charge on any atom is 0.308 e. The highest BCUT2D eigenvalue weighted by atomic mass is 16.4. The second-order valence-electron chi connectivity index (χ2n) is 6.84. The minimum atomic E-state index is -0.824. The lowest BCUT2D eigenvalue weighted by Crippen LogP contribution is -2.46. The highest BCUT2D eigenvalue weighted by molar-refractivity contribution is 5.80. The van der Waals surface area contributed by atoms with Crippen LogP contribution < -0.4 is 0 Å². The van der Waals surface area contributed by atoms with Gasteiger partial charge in [-0.15, -0.1) is 0 Å². The summed E-state index contributed by atoms with van der Waals surface area (Å²) in [5.41, 5.74) is 3.22. The predicted octanol–water partition coefficient (Wildman–Crippen LogP) is 3.25. The molecule has 1 N–H and O–H groups in total. The van der Waals surface area contributed by atoms with Gasteiger partial charge in [0, 0.05) is 19.0 Å². The number of carboxylic acid groups (broad SMARTS) is 1. The van der Waals surface area contributed by atoms with Gasteiger partial charge in [-0.3, -0.25) is 9.59 Å². The number of nitrogens with zero attached hydrogens (tertiary/aromatic N) is 1. The summed E-state index contributed by atoms with van der Waals surface area (Å²) in [6.45, 7) is 2.90. The fraction of sp³-hybridized carbons (Fsp3) is 0.333. The van der Waals surface area contributed by atoms with Crippen molar-refractivity contribution in [3.8, 4) is 0 Å². The molecule has 1 heterocycles. The van der Waals surface area contributed by atoms with E-state index in [1.54, 1.807) is 4.90 Å². The Morgan fingerprint density at radius 2 is 1.84 bits per heavy atom. The molecule has 0 saturated carbocycles. The van der Waals surface area contributed by atoms with Gasteiger partial charge in [-0.25, -0.2) is 0 Å². The van der Waals surface area contributed by atoms with E-state index in [9.17, 15) is 14.7 Å². The van der Waals surface area contributed by atoms with Crippen LogP contribution in [0.4, 0.5) is 0 Å². The zero-order chi connectivity index (χ0) is 17.8. The average Bonchev–Trinajstić information content (AvgIpc) is 2.62. The number of carboxylic acids is 1. The second kappa shape index (κ2) is 7.51. The number of carbonyl (C=O) groups is 2. The quantitative estimate of drug-likeness (QED) is 0.932. The molecule has 2 atom stereocenters. The Bertz CT molecular complexity index is 757. The molecule has 2 aromatic carbocycles. The molecule has 1 aliphatic heterocycles. The number of hydrogen-bond acceptors (Lipinski definition) is 2. The molecule has 3 rings (SSSR count). The van der Waals surface area contributed by atoms with Crippen molar-refractivity contribution in [3.05, 3.63) is 71.3 Å². The van der Waals surface area contributed by atoms with Gasteiger partial charge in [0.2, 0.25) is 5.91 Å². The Kier molecular flexibility index (Phi) is 5.17. The number of carbonyl (C=O) groups excluding carboxylic acids is 1. The van der Waals surface area contributed by atoms with E-state index in [1.165, 1.54) is 0 Å². The van der Waals surface area contributed by atoms with Crippen molar-refractivity contribution in [2.45, 2.75) is 25.7 Å². The van der Waals surface area contributed by atoms with Gasteiger partial charge in [0.05, 0.1) is 12.3 Å². The first kappa shape index (κ1) is 17.2. The molecule has 25 heavy (non-hydrogen) atoms. The summed E-state index contributed by atoms with van der Waals surface area (Å²) in [6.07, 6.45) is 0.890. The normalized spacial score (nSPS) is 20.3. The smallest absolute Gasteiger partial charge is 0.308 e. The first-order valence-corrected chi connectivity index (χ1v) is 8.64. The van der Waals surface area contributed by atoms with E-state index in [1.807, 2.05) is 55.5 Å². The lowest BCUT2D eigenvalue weighted by atomic mass is 9.84. The van der Waals surface area contributed by atoms with Crippen LogP contribution in [-0.4, -0.2) is 35.0 Å². The SMILES string of the molecule is Cc1cccc(C2CC(C(=O)O)CN(C(=O)Cc3ccccc3)C2)c1. The summed E-state index contributed by atoms with van der Waals surface area (Å²) in [6, 6.07) is 17.7. The summed E-state index contributed by atoms with van der Waals surface area (Å²) in [4.78, 5) is 26.0. The number of aliphatic carboxylic acids is 1. The van der Waals surface area contributed by atoms with Gasteiger partial charge in [0.25, 0.3) is 0 Å². The average molecular weight is 337 g/mol. The van der Waals surface area contributed by atoms with Crippen LogP contribution in [0.2, 0.25) is 0 Å². The van der Waals surface area contributed by atoms with Gasteiger partial charge in [-0.2, -0.15) is 0 Å². The first-order chi connectivity index (χ1) is 12.0. The minimum absolute atomic E-state index is 0.00481. The zero-order valence-corrected chi connectivity index (χ0v) is 14.4. The summed E-state index contributed by atoms with van der Waals surface area (Å²) in [5, 5.41) is 9.51. The van der Waals surface area contributed by atoms with E-state index < -0.39 is 11.9 Å². The van der Waals surface area contributed by atoms with Crippen molar-refractivity contribution in [2.24, 2.45) is 5.92 Å². The molecule has 4 heteroatoms. The number of benzene rings is 2. The second-order valence-corrected chi connectivity index (χ2v) is 6.84. The summed E-state index contributed by atoms with van der Waals surface area (Å²) in [7, 11) is 0. The Morgan fingerprint density at radius 3 is 2.52 bits per heavy atom. The largest absolute Gasteiger partial charge is 0.481 e. The number of rotatable bonds is 4. The topological polar surface area (TPSA) is 57.6 Å². The maximum atomic E-state index is 12.7. The van der Waals surface area contributed by atoms with E-state index in [4.69, 9.17) is 0 Å². The first-order valence-electron chi connectivity index (χ1n) is 8.64. The van der Waals surface area contributed by atoms with Crippen molar-refractivity contribution < 1.29 is 14.7 Å². The lowest BCUT2D eigenvalue weighted by molar-refractivity contribution is -0.146. The molecular formula is C21H23NO3. The fourth-order valence-electron chi connectivity index (χ4n) is 3.53. The van der Waals surface area contributed by atoms with Gasteiger partial charge < -0.3 is 10.0 Å². The van der Waals surface area contributed by atoms with Crippen LogP contribution in [0, 0.1) is 12.8 Å². The molecule has 0 bridgehead atoms. The Balaban J connectivity index is 1.78. The number of piperidine rings is 1. The van der Waals surface area contributed by atoms with E-state index in [0.717, 1.165) is 16.7 Å². The molecule has 0 aromatic heterocycles. The highest BCUT2D eigenvalue weighted by Gasteiger charge is 2.34. The van der Waals surface area contributed by atoms with Gasteiger partial charge in [0.15, 0.2) is 0 Å². The van der Waals surface area contributed by atoms with Crippen LogP contribution in [0.1, 0.15) is 29.0 Å². The molecule has 0 spiro atoms. The molecule has 2 aromatic rings. The molecule has 1 amide bonds. The summed E-state index contributed by atoms with van der Waals surface area (Å²) in [5.74, 6) is -1.28. The van der Waals surface area contributed by atoms with Crippen molar-refractivity contribution >= 4 is 11.9 Å². The molecular weight excluding hydrogens is 314 g/mol. The van der Waals surface area contributed by atoms with Crippen molar-refractivity contribution in [1.82, 2.24) is 4.90 Å². The van der Waals surface area contributed by atoms with Crippen LogP contribution in [0.5, 0.6) is 0 Å². The van der Waals surface area contributed by atoms with Crippen LogP contribution >= 0.6 is 0 Å². The monoisotopic (exact) mass is 337 g/mol. The lowest BCUT2D eigenvalue weighted by Gasteiger charge is -2.36. The van der Waals surface area contributed by atoms with Gasteiger partial charge in [-0.05, 0) is 24.5 Å². The Labute approximate surface area is 148 Å². The van der Waals surface area contributed by atoms with Crippen LogP contribution in [0.25, 0.3) is 0 Å². The Morgan fingerprint density at radius 1 is 1.08 bits per heavy atom. The molecule has 4 nitrogen and oxygen atoms in total. The van der Waals surface area contributed by atoms with Crippen molar-refractivity contribution in [3.63, 3.8) is 0 Å². The number of aryl methyl sites for hydroxylation is 1. The van der Waals surface area contributed by atoms with Gasteiger partial charge in [-0.1, -0.05) is 60.2 Å². The van der Waals surface area contributed by atoms with E-state index >= 15 is 0 Å². The Hall–Kier alpha value is -2.62. The third-order valence-electron chi connectivity index (χ3n) is 4.86. The van der Waals surface area contributed by atoms with E-state index in [0.29, 0.717) is 25.9 Å². The zero-order valence-electron chi connectivity index (χ0n) is 14.4. The predicted molar refractivity (Wildman–Crippen MR) is 96.4 cm³/mol. The van der Waals surface area contributed by atoms with Crippen molar-refractivity contribution in [1.29, 1.82) is 0 Å². The molecule has 1 fully saturated rings. The number of hydrogen-bond donors (Lipinski definition) is 1. The third-order valence-corrected chi connectivity index (χ3v) is 4.86. The van der Waals surface area contributed by atoms with Crippen LogP contribution in [-0.2, 0) is 16.0 Å². The maximum absolute atomic E-state index is 12.7. The van der Waals surface area contributed by atoms with Crippen molar-refractivity contribution in [2.75, 3.05) is 13.1 Å². The van der Waals surface area contributed by atoms with E-state index in [-0.39, 0.29) is 11.8 Å². The minimum Gasteiger partial charge on any atom is -0.481 e. The molecule has 0 radical (unpaired) electrons. The van der Waals surface area contributed by atoms with Gasteiger partial charge in [0.1, 0.15) is 0 Å². The summed E-state index contributed by atoms with van der Waals surface area (Å²) < 4.78 is 0.